The van der Waals surface area contributed by atoms with E-state index >= 15 is 0 Å². The van der Waals surface area contributed by atoms with Gasteiger partial charge in [0.05, 0.1) is 5.69 Å². The summed E-state index contributed by atoms with van der Waals surface area (Å²) in [6.45, 7) is 0.727. The van der Waals surface area contributed by atoms with Gasteiger partial charge in [0, 0.05) is 48.0 Å². The molecule has 1 aliphatic rings. The van der Waals surface area contributed by atoms with Gasteiger partial charge in [0.1, 0.15) is 0 Å². The molecule has 0 radical (unpaired) electrons. The lowest BCUT2D eigenvalue weighted by Crippen LogP contribution is -2.35. The van der Waals surface area contributed by atoms with E-state index in [9.17, 15) is 4.79 Å². The molecular formula is C18H16N4O2S. The van der Waals surface area contributed by atoms with E-state index in [1.165, 1.54) is 0 Å². The second-order valence-electron chi connectivity index (χ2n) is 5.61. The number of anilines is 1. The molecule has 1 aromatic carbocycles. The smallest absolute Gasteiger partial charge is 0.227 e. The molecule has 25 heavy (non-hydrogen) atoms. The Balaban J connectivity index is 1.42. The summed E-state index contributed by atoms with van der Waals surface area (Å²) in [6, 6.07) is 11.7. The van der Waals surface area contributed by atoms with Crippen LogP contribution in [-0.4, -0.2) is 33.3 Å². The van der Waals surface area contributed by atoms with Gasteiger partial charge in [0.2, 0.25) is 17.6 Å². The Bertz CT molecular complexity index is 882. The number of rotatable bonds is 4. The van der Waals surface area contributed by atoms with E-state index in [2.05, 4.69) is 21.2 Å². The highest BCUT2D eigenvalue weighted by Crippen LogP contribution is 2.34. The maximum atomic E-state index is 12.6. The minimum absolute atomic E-state index is 0.0777. The van der Waals surface area contributed by atoms with E-state index in [1.54, 1.807) is 24.2 Å². The number of benzene rings is 1. The first-order valence-electron chi connectivity index (χ1n) is 8.06. The maximum absolute atomic E-state index is 12.6. The maximum Gasteiger partial charge on any atom is 0.227 e. The molecule has 3 aromatic rings. The summed E-state index contributed by atoms with van der Waals surface area (Å²) >= 11 is 1.78. The third kappa shape index (κ3) is 3.41. The summed E-state index contributed by atoms with van der Waals surface area (Å²) in [5.41, 5.74) is 1.79. The number of hydrogen-bond acceptors (Lipinski definition) is 6. The highest BCUT2D eigenvalue weighted by molar-refractivity contribution is 7.99. The molecule has 3 heterocycles. The van der Waals surface area contributed by atoms with Crippen molar-refractivity contribution in [2.75, 3.05) is 17.2 Å². The van der Waals surface area contributed by atoms with Gasteiger partial charge in [-0.3, -0.25) is 9.78 Å². The predicted octanol–water partition coefficient (Wildman–Crippen LogP) is 3.20. The van der Waals surface area contributed by atoms with Gasteiger partial charge in [0.15, 0.2) is 0 Å². The predicted molar refractivity (Wildman–Crippen MR) is 95.4 cm³/mol. The van der Waals surface area contributed by atoms with Crippen LogP contribution in [0.3, 0.4) is 0 Å². The van der Waals surface area contributed by atoms with Gasteiger partial charge in [-0.25, -0.2) is 0 Å². The highest BCUT2D eigenvalue weighted by atomic mass is 32.2. The summed E-state index contributed by atoms with van der Waals surface area (Å²) in [5.74, 6) is 1.95. The Kier molecular flexibility index (Phi) is 4.47. The molecule has 0 N–H and O–H groups in total. The number of fused-ring (bicyclic) bond motifs is 1. The van der Waals surface area contributed by atoms with Crippen molar-refractivity contribution in [3.05, 3.63) is 54.7 Å². The standard InChI is InChI=1S/C18H16N4O2S/c23-17(22-10-11-25-15-6-2-1-5-14(15)22)8-7-16-20-18(21-24-16)13-4-3-9-19-12-13/h1-6,9,12H,7-8,10-11H2. The quantitative estimate of drug-likeness (QED) is 0.718. The zero-order valence-corrected chi connectivity index (χ0v) is 14.3. The van der Waals surface area contributed by atoms with Crippen LogP contribution in [0.15, 0.2) is 58.2 Å². The van der Waals surface area contributed by atoms with Crippen LogP contribution in [0.25, 0.3) is 11.4 Å². The van der Waals surface area contributed by atoms with Crippen LogP contribution in [0.2, 0.25) is 0 Å². The number of amides is 1. The summed E-state index contributed by atoms with van der Waals surface area (Å²) in [4.78, 5) is 24.0. The van der Waals surface area contributed by atoms with Crippen LogP contribution in [0.5, 0.6) is 0 Å². The molecule has 6 nitrogen and oxygen atoms in total. The van der Waals surface area contributed by atoms with E-state index < -0.39 is 0 Å². The molecule has 1 amide bonds. The SMILES string of the molecule is O=C(CCc1nc(-c2cccnc2)no1)N1CCSc2ccccc21. The van der Waals surface area contributed by atoms with Crippen molar-refractivity contribution in [2.45, 2.75) is 17.7 Å². The molecule has 0 spiro atoms. The minimum Gasteiger partial charge on any atom is -0.339 e. The number of hydrogen-bond donors (Lipinski definition) is 0. The summed E-state index contributed by atoms with van der Waals surface area (Å²) in [5, 5.41) is 3.96. The van der Waals surface area contributed by atoms with Crippen molar-refractivity contribution in [2.24, 2.45) is 0 Å². The van der Waals surface area contributed by atoms with E-state index in [4.69, 9.17) is 4.52 Å². The molecule has 0 fully saturated rings. The second kappa shape index (κ2) is 7.06. The van der Waals surface area contributed by atoms with Gasteiger partial charge in [-0.15, -0.1) is 11.8 Å². The zero-order valence-electron chi connectivity index (χ0n) is 13.5. The van der Waals surface area contributed by atoms with Crippen LogP contribution in [0.4, 0.5) is 5.69 Å². The van der Waals surface area contributed by atoms with Crippen LogP contribution >= 0.6 is 11.8 Å². The first kappa shape index (κ1) is 15.8. The van der Waals surface area contributed by atoms with Crippen molar-refractivity contribution in [1.29, 1.82) is 0 Å². The zero-order chi connectivity index (χ0) is 17.1. The molecule has 0 saturated heterocycles. The Labute approximate surface area is 149 Å². The highest BCUT2D eigenvalue weighted by Gasteiger charge is 2.23. The van der Waals surface area contributed by atoms with Crippen LogP contribution in [-0.2, 0) is 11.2 Å². The molecule has 2 aromatic heterocycles. The van der Waals surface area contributed by atoms with E-state index in [0.717, 1.165) is 28.4 Å². The van der Waals surface area contributed by atoms with Crippen molar-refractivity contribution in [1.82, 2.24) is 15.1 Å². The lowest BCUT2D eigenvalue weighted by Gasteiger charge is -2.28. The largest absolute Gasteiger partial charge is 0.339 e. The van der Waals surface area contributed by atoms with Gasteiger partial charge in [-0.1, -0.05) is 17.3 Å². The van der Waals surface area contributed by atoms with Crippen LogP contribution in [0.1, 0.15) is 12.3 Å². The van der Waals surface area contributed by atoms with Gasteiger partial charge >= 0.3 is 0 Å². The third-order valence-electron chi connectivity index (χ3n) is 3.97. The number of nitrogens with zero attached hydrogens (tertiary/aromatic N) is 4. The Hall–Kier alpha value is -2.67. The van der Waals surface area contributed by atoms with Gasteiger partial charge in [-0.2, -0.15) is 4.98 Å². The normalized spacial score (nSPS) is 13.5. The average molecular weight is 352 g/mol. The monoisotopic (exact) mass is 352 g/mol. The number of pyridine rings is 1. The molecule has 0 atom stereocenters. The number of carbonyl (C=O) groups is 1. The van der Waals surface area contributed by atoms with Crippen molar-refractivity contribution in [3.63, 3.8) is 0 Å². The van der Waals surface area contributed by atoms with Crippen LogP contribution < -0.4 is 4.90 Å². The minimum atomic E-state index is 0.0777. The van der Waals surface area contributed by atoms with Gasteiger partial charge in [-0.05, 0) is 24.3 Å². The fraction of sp³-hybridized carbons (Fsp3) is 0.222. The molecule has 0 saturated carbocycles. The third-order valence-corrected chi connectivity index (χ3v) is 5.01. The van der Waals surface area contributed by atoms with Crippen LogP contribution in [0, 0.1) is 0 Å². The van der Waals surface area contributed by atoms with Crippen molar-refractivity contribution < 1.29 is 9.32 Å². The molecule has 4 rings (SSSR count). The molecule has 126 valence electrons. The second-order valence-corrected chi connectivity index (χ2v) is 6.75. The van der Waals surface area contributed by atoms with Crippen molar-refractivity contribution >= 4 is 23.4 Å². The van der Waals surface area contributed by atoms with Gasteiger partial charge in [0.25, 0.3) is 0 Å². The molecule has 7 heteroatoms. The molecular weight excluding hydrogens is 336 g/mol. The molecule has 0 bridgehead atoms. The average Bonchev–Trinajstić information content (AvgIpc) is 3.15. The lowest BCUT2D eigenvalue weighted by atomic mass is 10.2. The van der Waals surface area contributed by atoms with E-state index in [0.29, 0.717) is 24.6 Å². The topological polar surface area (TPSA) is 72.1 Å². The fourth-order valence-electron chi connectivity index (χ4n) is 2.75. The summed E-state index contributed by atoms with van der Waals surface area (Å²) < 4.78 is 5.26. The summed E-state index contributed by atoms with van der Waals surface area (Å²) in [7, 11) is 0. The van der Waals surface area contributed by atoms with E-state index in [-0.39, 0.29) is 5.91 Å². The Morgan fingerprint density at radius 1 is 1.24 bits per heavy atom. The number of para-hydroxylation sites is 1. The number of aromatic nitrogens is 3. The number of thioether (sulfide) groups is 1. The van der Waals surface area contributed by atoms with Crippen molar-refractivity contribution in [3.8, 4) is 11.4 Å². The molecule has 0 unspecified atom stereocenters. The fourth-order valence-corrected chi connectivity index (χ4v) is 3.74. The number of carbonyl (C=O) groups excluding carboxylic acids is 1. The Morgan fingerprint density at radius 3 is 3.04 bits per heavy atom. The Morgan fingerprint density at radius 2 is 2.16 bits per heavy atom. The first-order valence-corrected chi connectivity index (χ1v) is 9.05. The van der Waals surface area contributed by atoms with Gasteiger partial charge < -0.3 is 9.42 Å². The van der Waals surface area contributed by atoms with E-state index in [1.807, 2.05) is 35.2 Å². The molecule has 0 aliphatic carbocycles. The lowest BCUT2D eigenvalue weighted by molar-refractivity contribution is -0.118. The summed E-state index contributed by atoms with van der Waals surface area (Å²) in [6.07, 6.45) is 4.14. The number of aryl methyl sites for hydroxylation is 1. The molecule has 1 aliphatic heterocycles. The first-order chi connectivity index (χ1) is 12.3.